The first-order valence-corrected chi connectivity index (χ1v) is 11.9. The summed E-state index contributed by atoms with van der Waals surface area (Å²) in [4.78, 5) is 52.4. The molecule has 8 heteroatoms. The van der Waals surface area contributed by atoms with Crippen LogP contribution in [0, 0.1) is 0 Å². The van der Waals surface area contributed by atoms with Gasteiger partial charge in [-0.15, -0.1) is 0 Å². The smallest absolute Gasteiger partial charge is 0.254 e. The van der Waals surface area contributed by atoms with Gasteiger partial charge in [-0.3, -0.25) is 19.2 Å². The van der Waals surface area contributed by atoms with Gasteiger partial charge in [-0.1, -0.05) is 24.3 Å². The minimum Gasteiger partial charge on any atom is -0.350 e. The lowest BCUT2D eigenvalue weighted by Crippen LogP contribution is -2.46. The first-order chi connectivity index (χ1) is 16.6. The topological polar surface area (TPSA) is 98.8 Å². The maximum Gasteiger partial charge on any atom is 0.254 e. The molecule has 0 atom stereocenters. The van der Waals surface area contributed by atoms with Gasteiger partial charge in [-0.25, -0.2) is 0 Å². The Hall–Kier alpha value is -3.68. The van der Waals surface area contributed by atoms with Crippen LogP contribution in [0.4, 0.5) is 0 Å². The number of benzene rings is 2. The monoisotopic (exact) mass is 494 g/mol. The first-order valence-electron chi connectivity index (χ1n) is 11.9. The number of carbonyl (C=O) groups is 4. The van der Waals surface area contributed by atoms with E-state index < -0.39 is 0 Å². The highest BCUT2D eigenvalue weighted by atomic mass is 16.2. The van der Waals surface area contributed by atoms with Crippen LogP contribution in [0.2, 0.25) is 0 Å². The van der Waals surface area contributed by atoms with E-state index in [1.165, 1.54) is 9.80 Å². The van der Waals surface area contributed by atoms with E-state index in [9.17, 15) is 19.2 Å². The zero-order valence-corrected chi connectivity index (χ0v) is 22.6. The molecule has 0 fully saturated rings. The molecule has 36 heavy (non-hydrogen) atoms. The summed E-state index contributed by atoms with van der Waals surface area (Å²) in [5.74, 6) is -0.926. The fraction of sp³-hybridized carbons (Fsp3) is 0.429. The molecule has 0 aliphatic heterocycles. The van der Waals surface area contributed by atoms with Gasteiger partial charge in [0.25, 0.3) is 11.8 Å². The lowest BCUT2D eigenvalue weighted by Gasteiger charge is -2.23. The van der Waals surface area contributed by atoms with Gasteiger partial charge in [0.05, 0.1) is 13.1 Å². The minimum absolute atomic E-state index is 0.0281. The van der Waals surface area contributed by atoms with Crippen molar-refractivity contribution in [3.8, 4) is 11.1 Å². The molecule has 0 aliphatic carbocycles. The van der Waals surface area contributed by atoms with Crippen LogP contribution in [0.25, 0.3) is 11.1 Å². The number of hydrogen-bond acceptors (Lipinski definition) is 4. The van der Waals surface area contributed by atoms with Gasteiger partial charge in [-0.2, -0.15) is 0 Å². The van der Waals surface area contributed by atoms with Crippen LogP contribution >= 0.6 is 0 Å². The third kappa shape index (κ3) is 8.83. The normalized spacial score (nSPS) is 11.4. The molecule has 0 spiro atoms. The molecule has 4 amide bonds. The van der Waals surface area contributed by atoms with Crippen LogP contribution < -0.4 is 10.6 Å². The van der Waals surface area contributed by atoms with Crippen LogP contribution in [0.1, 0.15) is 62.3 Å². The summed E-state index contributed by atoms with van der Waals surface area (Å²) in [6.45, 7) is 11.3. The summed E-state index contributed by atoms with van der Waals surface area (Å²) in [5, 5.41) is 5.69. The zero-order chi connectivity index (χ0) is 27.3. The van der Waals surface area contributed by atoms with Crippen molar-refractivity contribution in [2.75, 3.05) is 27.2 Å². The highest BCUT2D eigenvalue weighted by molar-refractivity contribution is 5.98. The van der Waals surface area contributed by atoms with Crippen molar-refractivity contribution in [3.63, 3.8) is 0 Å². The zero-order valence-electron chi connectivity index (χ0n) is 22.6. The van der Waals surface area contributed by atoms with E-state index >= 15 is 0 Å². The molecule has 194 valence electrons. The fourth-order valence-electron chi connectivity index (χ4n) is 3.54. The predicted molar refractivity (Wildman–Crippen MR) is 142 cm³/mol. The molecule has 0 unspecified atom stereocenters. The second-order valence-corrected chi connectivity index (χ2v) is 11.1. The maximum absolute atomic E-state index is 12.7. The summed E-state index contributed by atoms with van der Waals surface area (Å²) in [5.41, 5.74) is 2.00. The Morgan fingerprint density at radius 3 is 1.11 bits per heavy atom. The SMILES string of the molecule is CN(CC(=O)NC(C)(C)C)C(=O)c1ccc(-c2ccc(C(=O)N(C)CC(=O)NC(C)(C)C)cc2)cc1. The molecule has 0 aliphatic rings. The fourth-order valence-corrected chi connectivity index (χ4v) is 3.54. The molecular formula is C28H38N4O4. The predicted octanol–water partition coefficient (Wildman–Crippen LogP) is 3.33. The summed E-state index contributed by atoms with van der Waals surface area (Å²) in [6.07, 6.45) is 0. The van der Waals surface area contributed by atoms with Crippen LogP contribution in [0.3, 0.4) is 0 Å². The Labute approximate surface area is 214 Å². The largest absolute Gasteiger partial charge is 0.350 e. The Kier molecular flexibility index (Phi) is 9.02. The van der Waals surface area contributed by atoms with Crippen molar-refractivity contribution in [2.24, 2.45) is 0 Å². The van der Waals surface area contributed by atoms with Gasteiger partial charge in [0.2, 0.25) is 11.8 Å². The molecule has 0 saturated heterocycles. The van der Waals surface area contributed by atoms with E-state index in [-0.39, 0.29) is 47.8 Å². The molecule has 2 aromatic rings. The van der Waals surface area contributed by atoms with Crippen LogP contribution in [0.15, 0.2) is 48.5 Å². The third-order valence-corrected chi connectivity index (χ3v) is 5.08. The van der Waals surface area contributed by atoms with Gasteiger partial charge >= 0.3 is 0 Å². The molecule has 0 radical (unpaired) electrons. The Morgan fingerprint density at radius 2 is 0.861 bits per heavy atom. The van der Waals surface area contributed by atoms with Crippen LogP contribution in [-0.4, -0.2) is 71.7 Å². The summed E-state index contributed by atoms with van der Waals surface area (Å²) in [6, 6.07) is 14.2. The van der Waals surface area contributed by atoms with Crippen molar-refractivity contribution >= 4 is 23.6 Å². The Bertz CT molecular complexity index is 1000. The number of nitrogens with zero attached hydrogens (tertiary/aromatic N) is 2. The summed E-state index contributed by atoms with van der Waals surface area (Å²) in [7, 11) is 3.19. The van der Waals surface area contributed by atoms with Crippen molar-refractivity contribution in [1.82, 2.24) is 20.4 Å². The molecule has 2 rings (SSSR count). The van der Waals surface area contributed by atoms with Crippen molar-refractivity contribution in [1.29, 1.82) is 0 Å². The second-order valence-electron chi connectivity index (χ2n) is 11.1. The lowest BCUT2D eigenvalue weighted by atomic mass is 10.0. The number of amides is 4. The van der Waals surface area contributed by atoms with E-state index in [0.717, 1.165) is 11.1 Å². The standard InChI is InChI=1S/C28H38N4O4/c1-27(2,3)29-23(33)17-31(7)25(35)21-13-9-19(10-14-21)20-11-15-22(16-12-20)26(36)32(8)18-24(34)30-28(4,5)6/h9-16H,17-18H2,1-8H3,(H,29,33)(H,30,34). The van der Waals surface area contributed by atoms with Crippen molar-refractivity contribution in [3.05, 3.63) is 59.7 Å². The molecule has 0 heterocycles. The lowest BCUT2D eigenvalue weighted by molar-refractivity contribution is -0.123. The number of nitrogens with one attached hydrogen (secondary N) is 2. The van der Waals surface area contributed by atoms with E-state index in [4.69, 9.17) is 0 Å². The van der Waals surface area contributed by atoms with E-state index in [0.29, 0.717) is 11.1 Å². The van der Waals surface area contributed by atoms with Crippen LogP contribution in [0.5, 0.6) is 0 Å². The Morgan fingerprint density at radius 1 is 0.583 bits per heavy atom. The van der Waals surface area contributed by atoms with Gasteiger partial charge in [-0.05, 0) is 76.9 Å². The average Bonchev–Trinajstić information content (AvgIpc) is 2.75. The minimum atomic E-state index is -0.362. The highest BCUT2D eigenvalue weighted by Crippen LogP contribution is 2.21. The summed E-state index contributed by atoms with van der Waals surface area (Å²) < 4.78 is 0. The van der Waals surface area contributed by atoms with E-state index in [1.807, 2.05) is 65.8 Å². The molecule has 0 bridgehead atoms. The maximum atomic E-state index is 12.7. The molecule has 2 N–H and O–H groups in total. The summed E-state index contributed by atoms with van der Waals surface area (Å²) >= 11 is 0. The van der Waals surface area contributed by atoms with Gasteiger partial charge in [0.15, 0.2) is 0 Å². The number of rotatable bonds is 7. The van der Waals surface area contributed by atoms with Crippen LogP contribution in [-0.2, 0) is 9.59 Å². The average molecular weight is 495 g/mol. The molecule has 0 aromatic heterocycles. The molecule has 2 aromatic carbocycles. The van der Waals surface area contributed by atoms with E-state index in [1.54, 1.807) is 38.4 Å². The van der Waals surface area contributed by atoms with Gasteiger partial charge < -0.3 is 20.4 Å². The number of likely N-dealkylation sites (N-methyl/N-ethyl adjacent to an activating group) is 2. The number of hydrogen-bond donors (Lipinski definition) is 2. The quantitative estimate of drug-likeness (QED) is 0.617. The third-order valence-electron chi connectivity index (χ3n) is 5.08. The van der Waals surface area contributed by atoms with Gasteiger partial charge in [0.1, 0.15) is 0 Å². The molecular weight excluding hydrogens is 456 g/mol. The van der Waals surface area contributed by atoms with E-state index in [2.05, 4.69) is 10.6 Å². The highest BCUT2D eigenvalue weighted by Gasteiger charge is 2.20. The van der Waals surface area contributed by atoms with Crippen molar-refractivity contribution in [2.45, 2.75) is 52.6 Å². The molecule has 8 nitrogen and oxygen atoms in total. The number of carbonyl (C=O) groups excluding carboxylic acids is 4. The molecule has 0 saturated carbocycles. The second kappa shape index (κ2) is 11.4. The van der Waals surface area contributed by atoms with Crippen molar-refractivity contribution < 1.29 is 19.2 Å². The van der Waals surface area contributed by atoms with Gasteiger partial charge in [0, 0.05) is 36.3 Å². The Balaban J connectivity index is 2.02. The first kappa shape index (κ1) is 28.6.